The molecule has 1 aromatic heterocycles. The molecule has 134 valence electrons. The zero-order valence-corrected chi connectivity index (χ0v) is 15.2. The Bertz CT molecular complexity index is 721. The van der Waals surface area contributed by atoms with Gasteiger partial charge in [-0.1, -0.05) is 17.7 Å². The number of aliphatic hydroxyl groups excluding tert-OH is 1. The van der Waals surface area contributed by atoms with Gasteiger partial charge in [0.15, 0.2) is 0 Å². The Morgan fingerprint density at radius 2 is 2.12 bits per heavy atom. The minimum Gasteiger partial charge on any atom is -0.394 e. The first-order valence-corrected chi connectivity index (χ1v) is 8.93. The molecule has 1 atom stereocenters. The van der Waals surface area contributed by atoms with E-state index in [0.717, 1.165) is 11.1 Å². The van der Waals surface area contributed by atoms with Crippen LogP contribution in [0.15, 0.2) is 35.0 Å². The van der Waals surface area contributed by atoms with E-state index in [-0.39, 0.29) is 19.8 Å². The summed E-state index contributed by atoms with van der Waals surface area (Å²) in [5.41, 5.74) is 2.20. The van der Waals surface area contributed by atoms with Gasteiger partial charge in [-0.3, -0.25) is 9.59 Å². The van der Waals surface area contributed by atoms with Crippen molar-refractivity contribution >= 4 is 40.4 Å². The molecular weight excluding hydrogens is 364 g/mol. The van der Waals surface area contributed by atoms with E-state index < -0.39 is 17.9 Å². The first kappa shape index (κ1) is 19.4. The smallest absolute Gasteiger partial charge is 0.313 e. The lowest BCUT2D eigenvalue weighted by atomic mass is 10.2. The number of aryl methyl sites for hydroxylation is 1. The van der Waals surface area contributed by atoms with Crippen LogP contribution in [0.2, 0.25) is 5.02 Å². The zero-order valence-electron chi connectivity index (χ0n) is 13.6. The van der Waals surface area contributed by atoms with Gasteiger partial charge in [-0.2, -0.15) is 11.3 Å². The van der Waals surface area contributed by atoms with Crippen molar-refractivity contribution in [3.05, 3.63) is 51.2 Å². The fourth-order valence-electron chi connectivity index (χ4n) is 2.05. The highest BCUT2D eigenvalue weighted by Crippen LogP contribution is 2.20. The molecule has 8 heteroatoms. The molecule has 3 N–H and O–H groups in total. The van der Waals surface area contributed by atoms with Gasteiger partial charge in [0.25, 0.3) is 0 Å². The second-order valence-corrected chi connectivity index (χ2v) is 6.46. The molecule has 6 nitrogen and oxygen atoms in total. The lowest BCUT2D eigenvalue weighted by Gasteiger charge is -2.17. The van der Waals surface area contributed by atoms with Crippen LogP contribution in [-0.2, 0) is 14.3 Å². The molecule has 0 aliphatic rings. The summed E-state index contributed by atoms with van der Waals surface area (Å²) in [4.78, 5) is 24.0. The molecular formula is C17H19ClN2O4S. The molecule has 1 aromatic carbocycles. The van der Waals surface area contributed by atoms with Gasteiger partial charge in [-0.05, 0) is 47.0 Å². The van der Waals surface area contributed by atoms with Gasteiger partial charge in [0, 0.05) is 17.3 Å². The predicted octanol–water partition coefficient (Wildman–Crippen LogP) is 2.51. The third-order valence-corrected chi connectivity index (χ3v) is 4.52. The third-order valence-electron chi connectivity index (χ3n) is 3.41. The number of anilines is 1. The van der Waals surface area contributed by atoms with Crippen LogP contribution in [0.4, 0.5) is 5.69 Å². The van der Waals surface area contributed by atoms with E-state index in [2.05, 4.69) is 10.6 Å². The Kier molecular flexibility index (Phi) is 7.39. The second-order valence-electron chi connectivity index (χ2n) is 5.27. The summed E-state index contributed by atoms with van der Waals surface area (Å²) in [5.74, 6) is -1.56. The average Bonchev–Trinajstić information content (AvgIpc) is 3.12. The van der Waals surface area contributed by atoms with Crippen LogP contribution in [-0.4, -0.2) is 36.7 Å². The summed E-state index contributed by atoms with van der Waals surface area (Å²) < 4.78 is 5.51. The van der Waals surface area contributed by atoms with Gasteiger partial charge in [0.05, 0.1) is 13.2 Å². The van der Waals surface area contributed by atoms with Crippen LogP contribution in [0.3, 0.4) is 0 Å². The molecule has 0 aliphatic heterocycles. The van der Waals surface area contributed by atoms with Crippen LogP contribution >= 0.6 is 22.9 Å². The fraction of sp³-hybridized carbons (Fsp3) is 0.294. The highest BCUT2D eigenvalue weighted by atomic mass is 35.5. The van der Waals surface area contributed by atoms with Gasteiger partial charge in [-0.15, -0.1) is 0 Å². The van der Waals surface area contributed by atoms with Crippen molar-refractivity contribution in [2.75, 3.05) is 25.1 Å². The topological polar surface area (TPSA) is 87.7 Å². The fourth-order valence-corrected chi connectivity index (χ4v) is 2.93. The van der Waals surface area contributed by atoms with Crippen molar-refractivity contribution in [2.45, 2.75) is 13.0 Å². The van der Waals surface area contributed by atoms with Crippen LogP contribution in [0.1, 0.15) is 17.2 Å². The number of ether oxygens (including phenoxy) is 1. The summed E-state index contributed by atoms with van der Waals surface area (Å²) in [6.07, 6.45) is -0.427. The van der Waals surface area contributed by atoms with Crippen molar-refractivity contribution in [3.63, 3.8) is 0 Å². The molecule has 2 aromatic rings. The maximum absolute atomic E-state index is 12.0. The number of hydrogen-bond donors (Lipinski definition) is 3. The van der Waals surface area contributed by atoms with E-state index in [9.17, 15) is 9.59 Å². The van der Waals surface area contributed by atoms with Crippen LogP contribution in [0, 0.1) is 6.92 Å². The summed E-state index contributed by atoms with van der Waals surface area (Å²) in [6.45, 7) is 1.99. The Morgan fingerprint density at radius 1 is 1.32 bits per heavy atom. The van der Waals surface area contributed by atoms with Gasteiger partial charge in [0.1, 0.15) is 6.10 Å². The minimum absolute atomic E-state index is 0.122. The summed E-state index contributed by atoms with van der Waals surface area (Å²) >= 11 is 7.50. The second kappa shape index (κ2) is 9.53. The van der Waals surface area contributed by atoms with Crippen molar-refractivity contribution in [1.29, 1.82) is 0 Å². The molecule has 1 heterocycles. The number of rotatable bonds is 7. The Hall–Kier alpha value is -1.93. The highest BCUT2D eigenvalue weighted by molar-refractivity contribution is 7.07. The molecule has 0 aliphatic carbocycles. The first-order valence-electron chi connectivity index (χ1n) is 7.61. The van der Waals surface area contributed by atoms with E-state index >= 15 is 0 Å². The zero-order chi connectivity index (χ0) is 18.2. The Balaban J connectivity index is 1.90. The molecule has 0 radical (unpaired) electrons. The van der Waals surface area contributed by atoms with Crippen molar-refractivity contribution in [1.82, 2.24) is 5.32 Å². The number of nitrogens with one attached hydrogen (secondary N) is 2. The number of amides is 2. The van der Waals surface area contributed by atoms with Crippen LogP contribution in [0.5, 0.6) is 0 Å². The normalized spacial score (nSPS) is 11.8. The lowest BCUT2D eigenvalue weighted by Crippen LogP contribution is -2.38. The molecule has 0 saturated carbocycles. The maximum atomic E-state index is 12.0. The maximum Gasteiger partial charge on any atom is 0.313 e. The summed E-state index contributed by atoms with van der Waals surface area (Å²) in [7, 11) is 0. The van der Waals surface area contributed by atoms with E-state index in [1.54, 1.807) is 18.2 Å². The molecule has 2 amide bonds. The number of hydrogen-bond acceptors (Lipinski definition) is 5. The highest BCUT2D eigenvalue weighted by Gasteiger charge is 2.18. The minimum atomic E-state index is -0.786. The van der Waals surface area contributed by atoms with E-state index in [1.807, 2.05) is 23.8 Å². The SMILES string of the molecule is Cc1ccc(NC(=O)C(=O)NCC(OCCO)c2ccsc2)cc1Cl. The Labute approximate surface area is 154 Å². The number of carbonyl (C=O) groups is 2. The molecule has 0 saturated heterocycles. The van der Waals surface area contributed by atoms with E-state index in [0.29, 0.717) is 10.7 Å². The van der Waals surface area contributed by atoms with Gasteiger partial charge < -0.3 is 20.5 Å². The number of aliphatic hydroxyl groups is 1. The largest absolute Gasteiger partial charge is 0.394 e. The van der Waals surface area contributed by atoms with Gasteiger partial charge in [-0.25, -0.2) is 0 Å². The van der Waals surface area contributed by atoms with Crippen molar-refractivity contribution in [2.24, 2.45) is 0 Å². The predicted molar refractivity (Wildman–Crippen MR) is 97.9 cm³/mol. The number of benzene rings is 1. The first-order chi connectivity index (χ1) is 12.0. The summed E-state index contributed by atoms with van der Waals surface area (Å²) in [6, 6.07) is 6.88. The summed E-state index contributed by atoms with van der Waals surface area (Å²) in [5, 5.41) is 18.2. The van der Waals surface area contributed by atoms with Gasteiger partial charge in [0.2, 0.25) is 0 Å². The average molecular weight is 383 g/mol. The third kappa shape index (κ3) is 5.82. The van der Waals surface area contributed by atoms with Crippen molar-refractivity contribution in [3.8, 4) is 0 Å². The molecule has 1 unspecified atom stereocenters. The van der Waals surface area contributed by atoms with E-state index in [1.165, 1.54) is 11.3 Å². The molecule has 0 fully saturated rings. The quantitative estimate of drug-likeness (QED) is 0.642. The number of thiophene rings is 1. The molecule has 0 spiro atoms. The van der Waals surface area contributed by atoms with Crippen LogP contribution in [0.25, 0.3) is 0 Å². The Morgan fingerprint density at radius 3 is 2.76 bits per heavy atom. The van der Waals surface area contributed by atoms with Crippen LogP contribution < -0.4 is 10.6 Å². The molecule has 0 bridgehead atoms. The number of halogens is 1. The molecule has 2 rings (SSSR count). The van der Waals surface area contributed by atoms with E-state index in [4.69, 9.17) is 21.4 Å². The monoisotopic (exact) mass is 382 g/mol. The van der Waals surface area contributed by atoms with Crippen molar-refractivity contribution < 1.29 is 19.4 Å². The van der Waals surface area contributed by atoms with Gasteiger partial charge >= 0.3 is 11.8 Å². The number of carbonyl (C=O) groups excluding carboxylic acids is 2. The lowest BCUT2D eigenvalue weighted by molar-refractivity contribution is -0.136. The molecule has 25 heavy (non-hydrogen) atoms. The standard InChI is InChI=1S/C17H19ClN2O4S/c1-11-2-3-13(8-14(11)18)20-17(23)16(22)19-9-15(24-6-5-21)12-4-7-25-10-12/h2-4,7-8,10,15,21H,5-6,9H2,1H3,(H,19,22)(H,20,23).